The Hall–Kier alpha value is -0.780. The van der Waals surface area contributed by atoms with Crippen LogP contribution in [0.4, 0.5) is 0 Å². The summed E-state index contributed by atoms with van der Waals surface area (Å²) in [4.78, 5) is 0. The van der Waals surface area contributed by atoms with Gasteiger partial charge < -0.3 is 0 Å². The highest BCUT2D eigenvalue weighted by molar-refractivity contribution is 5.19. The Morgan fingerprint density at radius 3 is 2.47 bits per heavy atom. The van der Waals surface area contributed by atoms with Crippen LogP contribution in [0.25, 0.3) is 0 Å². The Kier molecular flexibility index (Phi) is 7.95. The minimum atomic E-state index is 0.415. The molecule has 98 valence electrons. The average molecular weight is 234 g/mol. The van der Waals surface area contributed by atoms with Crippen LogP contribution in [0.1, 0.15) is 59.8 Å². The highest BCUT2D eigenvalue weighted by Gasteiger charge is 2.26. The molecule has 0 saturated heterocycles. The van der Waals surface area contributed by atoms with E-state index in [-0.39, 0.29) is 0 Å². The van der Waals surface area contributed by atoms with E-state index in [0.717, 1.165) is 0 Å². The van der Waals surface area contributed by atoms with Crippen LogP contribution in [0.15, 0.2) is 37.0 Å². The molecular formula is C17H30. The second-order valence-electron chi connectivity index (χ2n) is 5.70. The summed E-state index contributed by atoms with van der Waals surface area (Å²) in [6.07, 6.45) is 12.9. The van der Waals surface area contributed by atoms with Crippen LogP contribution in [-0.2, 0) is 0 Å². The predicted molar refractivity (Wildman–Crippen MR) is 80.2 cm³/mol. The van der Waals surface area contributed by atoms with E-state index in [1.165, 1.54) is 37.7 Å². The Labute approximate surface area is 109 Å². The van der Waals surface area contributed by atoms with Gasteiger partial charge in [0.25, 0.3) is 0 Å². The maximum Gasteiger partial charge on any atom is -0.0145 e. The molecule has 0 aromatic heterocycles. The maximum atomic E-state index is 4.18. The fourth-order valence-corrected chi connectivity index (χ4v) is 2.12. The molecule has 0 bridgehead atoms. The van der Waals surface area contributed by atoms with Gasteiger partial charge in [-0.1, -0.05) is 64.0 Å². The molecule has 0 radical (unpaired) electrons. The molecule has 1 atom stereocenters. The standard InChI is InChI=1S/C14H24.C3H6/c1-12-10-8-6-5-7-9-11-14(3,4)13(12)2;1-3-2/h8,10,13H,1,5-7,9,11H2,2-4H3;3H,1H2,2H3/b10-8-;. The van der Waals surface area contributed by atoms with Gasteiger partial charge in [0, 0.05) is 0 Å². The van der Waals surface area contributed by atoms with Gasteiger partial charge >= 0.3 is 0 Å². The van der Waals surface area contributed by atoms with E-state index in [0.29, 0.717) is 11.3 Å². The van der Waals surface area contributed by atoms with E-state index in [9.17, 15) is 0 Å². The minimum absolute atomic E-state index is 0.415. The van der Waals surface area contributed by atoms with Crippen molar-refractivity contribution >= 4 is 0 Å². The van der Waals surface area contributed by atoms with Crippen molar-refractivity contribution in [2.75, 3.05) is 0 Å². The highest BCUT2D eigenvalue weighted by atomic mass is 14.3. The van der Waals surface area contributed by atoms with Crippen molar-refractivity contribution in [3.05, 3.63) is 37.0 Å². The first kappa shape index (κ1) is 16.2. The molecule has 0 aromatic rings. The third-order valence-corrected chi connectivity index (χ3v) is 3.75. The molecule has 1 rings (SSSR count). The van der Waals surface area contributed by atoms with Crippen molar-refractivity contribution in [2.24, 2.45) is 11.3 Å². The third kappa shape index (κ3) is 6.51. The van der Waals surface area contributed by atoms with Gasteiger partial charge in [-0.2, -0.15) is 0 Å². The molecule has 0 heterocycles. The number of rotatable bonds is 0. The Morgan fingerprint density at radius 1 is 1.29 bits per heavy atom. The van der Waals surface area contributed by atoms with Gasteiger partial charge in [-0.05, 0) is 37.5 Å². The number of hydrogen-bond acceptors (Lipinski definition) is 0. The summed E-state index contributed by atoms with van der Waals surface area (Å²) in [5.74, 6) is 0.608. The largest absolute Gasteiger partial charge is 0.103 e. The lowest BCUT2D eigenvalue weighted by atomic mass is 9.72. The first-order valence-corrected chi connectivity index (χ1v) is 6.88. The molecule has 1 aliphatic carbocycles. The van der Waals surface area contributed by atoms with Gasteiger partial charge in [0.05, 0.1) is 0 Å². The van der Waals surface area contributed by atoms with E-state index in [1.54, 1.807) is 6.08 Å². The molecule has 1 unspecified atom stereocenters. The fraction of sp³-hybridized carbons (Fsp3) is 0.647. The molecular weight excluding hydrogens is 204 g/mol. The molecule has 1 aliphatic rings. The maximum absolute atomic E-state index is 4.18. The van der Waals surface area contributed by atoms with Gasteiger partial charge in [-0.25, -0.2) is 0 Å². The zero-order chi connectivity index (χ0) is 13.3. The van der Waals surface area contributed by atoms with Crippen molar-refractivity contribution in [1.82, 2.24) is 0 Å². The first-order valence-electron chi connectivity index (χ1n) is 6.88. The number of hydrogen-bond donors (Lipinski definition) is 0. The lowest BCUT2D eigenvalue weighted by Crippen LogP contribution is -2.22. The molecule has 17 heavy (non-hydrogen) atoms. The molecule has 0 aromatic carbocycles. The van der Waals surface area contributed by atoms with Gasteiger partial charge in [-0.15, -0.1) is 6.58 Å². The molecule has 0 nitrogen and oxygen atoms in total. The average Bonchev–Trinajstić information content (AvgIpc) is 2.26. The van der Waals surface area contributed by atoms with Crippen LogP contribution in [-0.4, -0.2) is 0 Å². The lowest BCUT2D eigenvalue weighted by molar-refractivity contribution is 0.237. The minimum Gasteiger partial charge on any atom is -0.103 e. The summed E-state index contributed by atoms with van der Waals surface area (Å²) >= 11 is 0. The zero-order valence-corrected chi connectivity index (χ0v) is 12.3. The van der Waals surface area contributed by atoms with E-state index in [4.69, 9.17) is 0 Å². The van der Waals surface area contributed by atoms with Gasteiger partial charge in [-0.3, -0.25) is 0 Å². The summed E-state index contributed by atoms with van der Waals surface area (Å²) in [5.41, 5.74) is 1.72. The molecule has 0 N–H and O–H groups in total. The second kappa shape index (κ2) is 8.33. The van der Waals surface area contributed by atoms with E-state index in [2.05, 4.69) is 46.1 Å². The molecule has 0 aliphatic heterocycles. The summed E-state index contributed by atoms with van der Waals surface area (Å²) in [7, 11) is 0. The van der Waals surface area contributed by atoms with Crippen LogP contribution in [0.3, 0.4) is 0 Å². The number of allylic oxidation sites excluding steroid dienone is 4. The SMILES string of the molecule is C=C1/C=C\CCCCCC(C)(C)C1C.C=CC. The summed E-state index contributed by atoms with van der Waals surface area (Å²) in [6.45, 7) is 16.5. The summed E-state index contributed by atoms with van der Waals surface area (Å²) < 4.78 is 0. The van der Waals surface area contributed by atoms with Crippen LogP contribution in [0.2, 0.25) is 0 Å². The van der Waals surface area contributed by atoms with Gasteiger partial charge in [0.2, 0.25) is 0 Å². The molecule has 0 fully saturated rings. The first-order chi connectivity index (χ1) is 7.95. The van der Waals surface area contributed by atoms with Crippen molar-refractivity contribution in [1.29, 1.82) is 0 Å². The van der Waals surface area contributed by atoms with Crippen LogP contribution >= 0.6 is 0 Å². The summed E-state index contributed by atoms with van der Waals surface area (Å²) in [6, 6.07) is 0. The van der Waals surface area contributed by atoms with Crippen LogP contribution in [0.5, 0.6) is 0 Å². The van der Waals surface area contributed by atoms with Gasteiger partial charge in [0.15, 0.2) is 0 Å². The Balaban J connectivity index is 0.000000770. The van der Waals surface area contributed by atoms with Crippen molar-refractivity contribution in [3.8, 4) is 0 Å². The normalized spacial score (nSPS) is 26.4. The van der Waals surface area contributed by atoms with Gasteiger partial charge in [0.1, 0.15) is 0 Å². The van der Waals surface area contributed by atoms with E-state index < -0.39 is 0 Å². The van der Waals surface area contributed by atoms with Crippen molar-refractivity contribution in [2.45, 2.75) is 59.8 Å². The Bertz CT molecular complexity index is 255. The molecule has 0 spiro atoms. The quantitative estimate of drug-likeness (QED) is 0.456. The summed E-state index contributed by atoms with van der Waals surface area (Å²) in [5, 5.41) is 0. The van der Waals surface area contributed by atoms with Crippen LogP contribution < -0.4 is 0 Å². The van der Waals surface area contributed by atoms with Crippen molar-refractivity contribution < 1.29 is 0 Å². The lowest BCUT2D eigenvalue weighted by Gasteiger charge is -2.33. The van der Waals surface area contributed by atoms with E-state index in [1.807, 2.05) is 6.92 Å². The van der Waals surface area contributed by atoms with Crippen LogP contribution in [0, 0.1) is 11.3 Å². The fourth-order valence-electron chi connectivity index (χ4n) is 2.12. The molecule has 0 heteroatoms. The highest BCUT2D eigenvalue weighted by Crippen LogP contribution is 2.37. The molecule has 0 saturated carbocycles. The van der Waals surface area contributed by atoms with E-state index >= 15 is 0 Å². The smallest absolute Gasteiger partial charge is 0.0145 e. The monoisotopic (exact) mass is 234 g/mol. The predicted octanol–water partition coefficient (Wildman–Crippen LogP) is 5.92. The second-order valence-corrected chi connectivity index (χ2v) is 5.70. The third-order valence-electron chi connectivity index (χ3n) is 3.75. The Morgan fingerprint density at radius 2 is 1.88 bits per heavy atom. The topological polar surface area (TPSA) is 0 Å². The zero-order valence-electron chi connectivity index (χ0n) is 12.3. The van der Waals surface area contributed by atoms with Crippen molar-refractivity contribution in [3.63, 3.8) is 0 Å². The molecule has 0 amide bonds.